The zero-order valence-electron chi connectivity index (χ0n) is 28.3. The van der Waals surface area contributed by atoms with Crippen LogP contribution in [0.2, 0.25) is 0 Å². The SMILES string of the molecule is Cc1c[c-]c(-n2[c-][n+](-c3ccc(C)cc3)cc2)cc1.Cc1c[c-]c(-n2[c-][n+](-c3ccc(C)cc3)cc2)cc1.[Ir].c1ccc(-c2ccn[n-]2)nc1. The van der Waals surface area contributed by atoms with E-state index in [0.29, 0.717) is 0 Å². The molecule has 50 heavy (non-hydrogen) atoms. The number of benzene rings is 4. The molecule has 0 saturated heterocycles. The summed E-state index contributed by atoms with van der Waals surface area (Å²) in [5.41, 5.74) is 10.8. The van der Waals surface area contributed by atoms with Gasteiger partial charge in [-0.3, -0.25) is 14.1 Å². The molecule has 8 aromatic rings. The first-order valence-electron chi connectivity index (χ1n) is 15.9. The van der Waals surface area contributed by atoms with Gasteiger partial charge in [0, 0.05) is 63.0 Å². The minimum absolute atomic E-state index is 0. The van der Waals surface area contributed by atoms with Crippen molar-refractivity contribution in [1.82, 2.24) is 24.3 Å². The zero-order valence-corrected chi connectivity index (χ0v) is 30.7. The third kappa shape index (κ3) is 9.47. The van der Waals surface area contributed by atoms with Crippen molar-refractivity contribution in [2.75, 3.05) is 0 Å². The van der Waals surface area contributed by atoms with Crippen LogP contribution in [0.4, 0.5) is 0 Å². The van der Waals surface area contributed by atoms with Gasteiger partial charge in [0.2, 0.25) is 0 Å². The molecule has 0 spiro atoms. The van der Waals surface area contributed by atoms with Gasteiger partial charge in [-0.2, -0.15) is 59.7 Å². The summed E-state index contributed by atoms with van der Waals surface area (Å²) in [5, 5.41) is 7.58. The molecule has 0 fully saturated rings. The van der Waals surface area contributed by atoms with Crippen molar-refractivity contribution in [3.05, 3.63) is 193 Å². The van der Waals surface area contributed by atoms with Crippen LogP contribution in [0.3, 0.4) is 0 Å². The van der Waals surface area contributed by atoms with Crippen molar-refractivity contribution in [3.8, 4) is 34.1 Å². The van der Waals surface area contributed by atoms with Crippen LogP contribution in [0, 0.1) is 52.5 Å². The summed E-state index contributed by atoms with van der Waals surface area (Å²) >= 11 is 0. The molecule has 0 saturated carbocycles. The molecule has 0 unspecified atom stereocenters. The molecule has 8 rings (SSSR count). The van der Waals surface area contributed by atoms with Crippen molar-refractivity contribution in [3.63, 3.8) is 0 Å². The Hall–Kier alpha value is -5.69. The molecule has 251 valence electrons. The molecule has 8 heteroatoms. The molecule has 0 aliphatic rings. The van der Waals surface area contributed by atoms with Crippen molar-refractivity contribution in [2.45, 2.75) is 27.7 Å². The Morgan fingerprint density at radius 2 is 1.06 bits per heavy atom. The summed E-state index contributed by atoms with van der Waals surface area (Å²) in [7, 11) is 0. The number of pyridine rings is 1. The van der Waals surface area contributed by atoms with Crippen LogP contribution in [-0.4, -0.2) is 19.2 Å². The smallest absolute Gasteiger partial charge is 0.267 e. The van der Waals surface area contributed by atoms with Crippen LogP contribution in [-0.2, 0) is 20.1 Å². The fraction of sp³-hybridized carbons (Fsp3) is 0.0952. The van der Waals surface area contributed by atoms with E-state index in [1.165, 1.54) is 22.3 Å². The second-order valence-corrected chi connectivity index (χ2v) is 11.6. The van der Waals surface area contributed by atoms with E-state index in [-0.39, 0.29) is 20.1 Å². The van der Waals surface area contributed by atoms with Crippen LogP contribution in [0.25, 0.3) is 34.1 Å². The Balaban J connectivity index is 0.000000150. The van der Waals surface area contributed by atoms with Crippen LogP contribution in [0.15, 0.2) is 146 Å². The number of nitrogens with zero attached hydrogens (tertiary/aromatic N) is 7. The second-order valence-electron chi connectivity index (χ2n) is 11.6. The summed E-state index contributed by atoms with van der Waals surface area (Å²) < 4.78 is 7.85. The van der Waals surface area contributed by atoms with Crippen molar-refractivity contribution < 1.29 is 29.2 Å². The van der Waals surface area contributed by atoms with Gasteiger partial charge >= 0.3 is 0 Å². The minimum Gasteiger partial charge on any atom is -0.574 e. The molecule has 0 aliphatic carbocycles. The normalized spacial score (nSPS) is 10.2. The number of hydrogen-bond acceptors (Lipinski definition) is 2. The molecule has 7 nitrogen and oxygen atoms in total. The van der Waals surface area contributed by atoms with Crippen LogP contribution in [0.5, 0.6) is 0 Å². The number of imidazole rings is 2. The van der Waals surface area contributed by atoms with E-state index in [0.717, 1.165) is 34.1 Å². The van der Waals surface area contributed by atoms with E-state index in [9.17, 15) is 0 Å². The van der Waals surface area contributed by atoms with E-state index < -0.39 is 0 Å². The Morgan fingerprint density at radius 1 is 0.560 bits per heavy atom. The van der Waals surface area contributed by atoms with E-state index in [1.807, 2.05) is 91.6 Å². The van der Waals surface area contributed by atoms with Crippen molar-refractivity contribution >= 4 is 0 Å². The first-order valence-corrected chi connectivity index (χ1v) is 15.9. The Kier molecular flexibility index (Phi) is 12.2. The third-order valence-corrected chi connectivity index (χ3v) is 7.60. The van der Waals surface area contributed by atoms with Gasteiger partial charge in [-0.25, -0.2) is 0 Å². The average molecular weight is 831 g/mol. The first kappa shape index (κ1) is 35.6. The quantitative estimate of drug-likeness (QED) is 0.138. The molecule has 0 N–H and O–H groups in total. The maximum Gasteiger partial charge on any atom is 0.267 e. The van der Waals surface area contributed by atoms with Gasteiger partial charge in [0.25, 0.3) is 12.7 Å². The van der Waals surface area contributed by atoms with Gasteiger partial charge in [0.15, 0.2) is 0 Å². The second kappa shape index (κ2) is 17.1. The van der Waals surface area contributed by atoms with Gasteiger partial charge in [0.1, 0.15) is 0 Å². The third-order valence-electron chi connectivity index (χ3n) is 7.60. The molecule has 0 bridgehead atoms. The average Bonchev–Trinajstić information content (AvgIpc) is 3.94. The molecular formula is C42H36IrN7-3. The van der Waals surface area contributed by atoms with Crippen molar-refractivity contribution in [1.29, 1.82) is 0 Å². The summed E-state index contributed by atoms with van der Waals surface area (Å²) in [6.07, 6.45) is 17.9. The summed E-state index contributed by atoms with van der Waals surface area (Å²) in [4.78, 5) is 4.12. The Bertz CT molecular complexity index is 1920. The van der Waals surface area contributed by atoms with E-state index >= 15 is 0 Å². The molecule has 1 radical (unpaired) electrons. The first-order chi connectivity index (χ1) is 23.9. The maximum absolute atomic E-state index is 4.12. The molecule has 0 aliphatic heterocycles. The number of aryl methyl sites for hydroxylation is 4. The van der Waals surface area contributed by atoms with Gasteiger partial charge in [-0.15, -0.1) is 0 Å². The summed E-state index contributed by atoms with van der Waals surface area (Å²) in [6, 6.07) is 43.0. The number of aromatic nitrogens is 7. The van der Waals surface area contributed by atoms with Gasteiger partial charge in [-0.05, 0) is 61.6 Å². The van der Waals surface area contributed by atoms with Crippen molar-refractivity contribution in [2.24, 2.45) is 0 Å². The summed E-state index contributed by atoms with van der Waals surface area (Å²) in [6.45, 7) is 8.30. The number of rotatable bonds is 5. The van der Waals surface area contributed by atoms with Crippen LogP contribution in [0.1, 0.15) is 22.3 Å². The number of hydrogen-bond donors (Lipinski definition) is 0. The fourth-order valence-corrected chi connectivity index (χ4v) is 4.77. The van der Waals surface area contributed by atoms with Gasteiger partial charge in [-0.1, -0.05) is 67.1 Å². The predicted octanol–water partition coefficient (Wildman–Crippen LogP) is 7.04. The molecule has 4 heterocycles. The van der Waals surface area contributed by atoms with Crippen LogP contribution < -0.4 is 14.2 Å². The molecule has 4 aromatic carbocycles. The molecule has 0 amide bonds. The van der Waals surface area contributed by atoms with E-state index in [1.54, 1.807) is 12.4 Å². The molecular weight excluding hydrogens is 795 g/mol. The Morgan fingerprint density at radius 3 is 1.46 bits per heavy atom. The zero-order chi connectivity index (χ0) is 34.0. The molecule has 0 atom stereocenters. The maximum atomic E-state index is 4.12. The standard InChI is InChI=1S/2C17H15N2.C8H6N3.Ir/c2*1-14-3-7-16(8-4-14)18-11-12-19(13-18)17-9-5-15(2)6-10-17;1-2-5-9-7(3-1)8-4-6-10-11-8;/h2*3-9,11-12H,1-2H3;1-6H;/q3*-1;. The molecule has 4 aromatic heterocycles. The Labute approximate surface area is 307 Å². The predicted molar refractivity (Wildman–Crippen MR) is 190 cm³/mol. The fourth-order valence-electron chi connectivity index (χ4n) is 4.77. The van der Waals surface area contributed by atoms with Gasteiger partial charge in [0.05, 0.1) is 11.4 Å². The van der Waals surface area contributed by atoms with E-state index in [2.05, 4.69) is 128 Å². The topological polar surface area (TPSA) is 57.5 Å². The van der Waals surface area contributed by atoms with Gasteiger partial charge < -0.3 is 19.3 Å². The van der Waals surface area contributed by atoms with Crippen LogP contribution >= 0.6 is 0 Å². The minimum atomic E-state index is 0. The van der Waals surface area contributed by atoms with E-state index in [4.69, 9.17) is 0 Å². The monoisotopic (exact) mass is 831 g/mol. The summed E-state index contributed by atoms with van der Waals surface area (Å²) in [5.74, 6) is 0. The largest absolute Gasteiger partial charge is 0.574 e.